The van der Waals surface area contributed by atoms with Crippen molar-refractivity contribution < 1.29 is 9.59 Å². The molecule has 0 aliphatic rings. The maximum Gasteiger partial charge on any atom is 0.238 e. The molecule has 0 spiro atoms. The monoisotopic (exact) mass is 417 g/mol. The zero-order chi connectivity index (χ0) is 22.2. The quantitative estimate of drug-likeness (QED) is 0.516. The standard InChI is InChI=1S/C24H27N5O2/c1-4-17-6-5-7-18(10-17)19-11-21(23(27-12-19)24(31)16(2)3)29-22(30)14-26-13-20-8-9-25-15-28-20/h5-12,15-16,26H,4,13-14H2,1-3H3,(H,29,30). The van der Waals surface area contributed by atoms with Gasteiger partial charge in [0.05, 0.1) is 17.9 Å². The number of Topliss-reactive ketones (excluding diaryl/α,β-unsaturated/α-hetero) is 1. The smallest absolute Gasteiger partial charge is 0.238 e. The lowest BCUT2D eigenvalue weighted by Crippen LogP contribution is -2.29. The minimum absolute atomic E-state index is 0.0782. The molecule has 7 heteroatoms. The zero-order valence-corrected chi connectivity index (χ0v) is 18.1. The lowest BCUT2D eigenvalue weighted by molar-refractivity contribution is -0.115. The molecule has 7 nitrogen and oxygen atoms in total. The van der Waals surface area contributed by atoms with Gasteiger partial charge in [-0.1, -0.05) is 45.0 Å². The summed E-state index contributed by atoms with van der Waals surface area (Å²) in [6, 6.07) is 11.8. The number of anilines is 1. The van der Waals surface area contributed by atoms with Gasteiger partial charge in [-0.15, -0.1) is 0 Å². The zero-order valence-electron chi connectivity index (χ0n) is 18.1. The van der Waals surface area contributed by atoms with Gasteiger partial charge in [-0.3, -0.25) is 14.6 Å². The van der Waals surface area contributed by atoms with E-state index in [1.165, 1.54) is 11.9 Å². The van der Waals surface area contributed by atoms with E-state index in [1.807, 2.05) is 32.0 Å². The van der Waals surface area contributed by atoms with Gasteiger partial charge in [0.1, 0.15) is 12.0 Å². The summed E-state index contributed by atoms with van der Waals surface area (Å²) in [6.45, 7) is 6.25. The average Bonchev–Trinajstić information content (AvgIpc) is 2.79. The van der Waals surface area contributed by atoms with E-state index in [0.29, 0.717) is 12.2 Å². The lowest BCUT2D eigenvalue weighted by atomic mass is 10.00. The Morgan fingerprint density at radius 2 is 1.90 bits per heavy atom. The van der Waals surface area contributed by atoms with E-state index in [1.54, 1.807) is 18.5 Å². The molecular weight excluding hydrogens is 390 g/mol. The van der Waals surface area contributed by atoms with Gasteiger partial charge < -0.3 is 10.6 Å². The number of aromatic nitrogens is 3. The summed E-state index contributed by atoms with van der Waals surface area (Å²) in [6.07, 6.45) is 5.73. The van der Waals surface area contributed by atoms with Gasteiger partial charge in [0.2, 0.25) is 5.91 Å². The Labute approximate surface area is 182 Å². The summed E-state index contributed by atoms with van der Waals surface area (Å²) in [4.78, 5) is 37.6. The molecular formula is C24H27N5O2. The maximum atomic E-state index is 12.7. The second-order valence-corrected chi connectivity index (χ2v) is 7.55. The van der Waals surface area contributed by atoms with Crippen LogP contribution < -0.4 is 10.6 Å². The molecule has 1 aromatic carbocycles. The number of nitrogens with zero attached hydrogens (tertiary/aromatic N) is 3. The molecule has 2 N–H and O–H groups in total. The third-order valence-corrected chi connectivity index (χ3v) is 4.82. The summed E-state index contributed by atoms with van der Waals surface area (Å²) < 4.78 is 0. The first-order valence-corrected chi connectivity index (χ1v) is 10.4. The summed E-state index contributed by atoms with van der Waals surface area (Å²) in [7, 11) is 0. The molecule has 2 aromatic heterocycles. The number of aryl methyl sites for hydroxylation is 1. The molecule has 1 amide bonds. The fourth-order valence-corrected chi connectivity index (χ4v) is 3.08. The molecule has 0 saturated heterocycles. The molecule has 0 saturated carbocycles. The SMILES string of the molecule is CCc1cccc(-c2cnc(C(=O)C(C)C)c(NC(=O)CNCc3ccncn3)c2)c1. The Morgan fingerprint density at radius 1 is 1.06 bits per heavy atom. The highest BCUT2D eigenvalue weighted by Crippen LogP contribution is 2.26. The second-order valence-electron chi connectivity index (χ2n) is 7.55. The average molecular weight is 418 g/mol. The fourth-order valence-electron chi connectivity index (χ4n) is 3.08. The number of pyridine rings is 1. The third kappa shape index (κ3) is 6.02. The summed E-state index contributed by atoms with van der Waals surface area (Å²) >= 11 is 0. The van der Waals surface area contributed by atoms with Gasteiger partial charge in [0.15, 0.2) is 5.78 Å². The van der Waals surface area contributed by atoms with Gasteiger partial charge in [-0.25, -0.2) is 9.97 Å². The van der Waals surface area contributed by atoms with Gasteiger partial charge in [0, 0.05) is 30.4 Å². The number of ketones is 1. The van der Waals surface area contributed by atoms with Crippen molar-refractivity contribution in [2.45, 2.75) is 33.7 Å². The summed E-state index contributed by atoms with van der Waals surface area (Å²) in [5.41, 5.74) is 4.53. The molecule has 31 heavy (non-hydrogen) atoms. The van der Waals surface area contributed by atoms with Crippen molar-refractivity contribution in [1.82, 2.24) is 20.3 Å². The second kappa shape index (κ2) is 10.5. The minimum Gasteiger partial charge on any atom is -0.323 e. The van der Waals surface area contributed by atoms with E-state index in [-0.39, 0.29) is 29.8 Å². The van der Waals surface area contributed by atoms with Gasteiger partial charge in [0.25, 0.3) is 0 Å². The van der Waals surface area contributed by atoms with Crippen LogP contribution in [-0.4, -0.2) is 33.2 Å². The molecule has 0 bridgehead atoms. The third-order valence-electron chi connectivity index (χ3n) is 4.82. The number of rotatable bonds is 9. The van der Waals surface area contributed by atoms with Crippen LogP contribution in [0, 0.1) is 5.92 Å². The number of carbonyl (C=O) groups is 2. The van der Waals surface area contributed by atoms with E-state index in [2.05, 4.69) is 44.6 Å². The van der Waals surface area contributed by atoms with Gasteiger partial charge in [-0.2, -0.15) is 0 Å². The number of carbonyl (C=O) groups excluding carboxylic acids is 2. The first-order valence-electron chi connectivity index (χ1n) is 10.4. The largest absolute Gasteiger partial charge is 0.323 e. The molecule has 0 unspecified atom stereocenters. The maximum absolute atomic E-state index is 12.7. The summed E-state index contributed by atoms with van der Waals surface area (Å²) in [5, 5.41) is 5.90. The normalized spacial score (nSPS) is 10.8. The van der Waals surface area contributed by atoms with Crippen molar-refractivity contribution in [1.29, 1.82) is 0 Å². The van der Waals surface area contributed by atoms with Crippen molar-refractivity contribution >= 4 is 17.4 Å². The Balaban J connectivity index is 1.79. The predicted octanol–water partition coefficient (Wildman–Crippen LogP) is 3.67. The van der Waals surface area contributed by atoms with Crippen LogP contribution in [0.4, 0.5) is 5.69 Å². The molecule has 0 fully saturated rings. The Bertz CT molecular complexity index is 1050. The van der Waals surface area contributed by atoms with E-state index < -0.39 is 0 Å². The van der Waals surface area contributed by atoms with Crippen molar-refractivity contribution in [2.75, 3.05) is 11.9 Å². The molecule has 160 valence electrons. The van der Waals surface area contributed by atoms with E-state index in [0.717, 1.165) is 23.2 Å². The van der Waals surface area contributed by atoms with Crippen LogP contribution in [0.15, 0.2) is 55.1 Å². The first kappa shape index (κ1) is 22.2. The number of nitrogens with one attached hydrogen (secondary N) is 2. The van der Waals surface area contributed by atoms with Crippen LogP contribution in [0.5, 0.6) is 0 Å². The van der Waals surface area contributed by atoms with E-state index >= 15 is 0 Å². The molecule has 0 radical (unpaired) electrons. The molecule has 3 aromatic rings. The molecule has 0 aliphatic carbocycles. The Hall–Kier alpha value is -3.45. The van der Waals surface area contributed by atoms with E-state index in [4.69, 9.17) is 0 Å². The molecule has 3 rings (SSSR count). The number of hydrogen-bond acceptors (Lipinski definition) is 6. The predicted molar refractivity (Wildman–Crippen MR) is 121 cm³/mol. The lowest BCUT2D eigenvalue weighted by Gasteiger charge is -2.14. The van der Waals surface area contributed by atoms with Crippen LogP contribution in [0.1, 0.15) is 42.5 Å². The Kier molecular flexibility index (Phi) is 7.56. The first-order chi connectivity index (χ1) is 15.0. The topological polar surface area (TPSA) is 96.9 Å². The molecule has 0 atom stereocenters. The Morgan fingerprint density at radius 3 is 2.61 bits per heavy atom. The highest BCUT2D eigenvalue weighted by atomic mass is 16.2. The van der Waals surface area contributed by atoms with Crippen LogP contribution >= 0.6 is 0 Å². The van der Waals surface area contributed by atoms with Crippen molar-refractivity contribution in [3.63, 3.8) is 0 Å². The van der Waals surface area contributed by atoms with Gasteiger partial charge >= 0.3 is 0 Å². The fraction of sp³-hybridized carbons (Fsp3) is 0.292. The summed E-state index contributed by atoms with van der Waals surface area (Å²) in [5.74, 6) is -0.598. The van der Waals surface area contributed by atoms with Crippen molar-refractivity contribution in [2.24, 2.45) is 5.92 Å². The van der Waals surface area contributed by atoms with Crippen molar-refractivity contribution in [3.8, 4) is 11.1 Å². The minimum atomic E-state index is -0.256. The van der Waals surface area contributed by atoms with E-state index in [9.17, 15) is 9.59 Å². The van der Waals surface area contributed by atoms with Crippen LogP contribution in [-0.2, 0) is 17.8 Å². The van der Waals surface area contributed by atoms with Crippen LogP contribution in [0.25, 0.3) is 11.1 Å². The highest BCUT2D eigenvalue weighted by molar-refractivity contribution is 6.05. The highest BCUT2D eigenvalue weighted by Gasteiger charge is 2.19. The van der Waals surface area contributed by atoms with Crippen molar-refractivity contribution in [3.05, 3.63) is 72.1 Å². The number of benzene rings is 1. The van der Waals surface area contributed by atoms with Gasteiger partial charge in [-0.05, 0) is 29.7 Å². The number of amides is 1. The van der Waals surface area contributed by atoms with Crippen LogP contribution in [0.3, 0.4) is 0 Å². The molecule has 0 aliphatic heterocycles. The number of hydrogen-bond donors (Lipinski definition) is 2. The molecule has 2 heterocycles. The van der Waals surface area contributed by atoms with Crippen LogP contribution in [0.2, 0.25) is 0 Å².